The molecular formula is C14H21N3O2S. The van der Waals surface area contributed by atoms with Gasteiger partial charge in [0, 0.05) is 12.2 Å². The molecular weight excluding hydrogens is 274 g/mol. The van der Waals surface area contributed by atoms with Crippen LogP contribution < -0.4 is 20.7 Å². The molecule has 0 spiro atoms. The molecule has 0 aliphatic carbocycles. The molecule has 0 aliphatic heterocycles. The second-order valence-electron chi connectivity index (χ2n) is 4.17. The lowest BCUT2D eigenvalue weighted by Crippen LogP contribution is -2.46. The summed E-state index contributed by atoms with van der Waals surface area (Å²) in [7, 11) is 0. The molecule has 0 radical (unpaired) electrons. The quantitative estimate of drug-likeness (QED) is 0.700. The fourth-order valence-electron chi connectivity index (χ4n) is 1.56. The monoisotopic (exact) mass is 295 g/mol. The number of rotatable bonds is 6. The molecule has 1 atom stereocenters. The standard InChI is InChI=1S/C14H21N3O2S/c1-4-15-13(18)10(3)16-14(20)17-11-6-8-12(9-7-11)19-5-2/h6-10H,4-5H2,1-3H3,(H,15,18)(H2,16,17,20)/t10-/m0/s1. The fraction of sp³-hybridized carbons (Fsp3) is 0.429. The summed E-state index contributed by atoms with van der Waals surface area (Å²) in [5, 5.41) is 9.09. The van der Waals surface area contributed by atoms with Crippen LogP contribution in [0, 0.1) is 0 Å². The van der Waals surface area contributed by atoms with Crippen LogP contribution in [0.1, 0.15) is 20.8 Å². The van der Waals surface area contributed by atoms with E-state index in [1.807, 2.05) is 38.1 Å². The van der Waals surface area contributed by atoms with E-state index in [2.05, 4.69) is 16.0 Å². The number of nitrogens with one attached hydrogen (secondary N) is 3. The van der Waals surface area contributed by atoms with Crippen molar-refractivity contribution < 1.29 is 9.53 Å². The Labute approximate surface area is 125 Å². The first-order chi connectivity index (χ1) is 9.56. The topological polar surface area (TPSA) is 62.4 Å². The van der Waals surface area contributed by atoms with Crippen LogP contribution >= 0.6 is 12.2 Å². The normalized spacial score (nSPS) is 11.3. The van der Waals surface area contributed by atoms with Crippen LogP contribution in [0.2, 0.25) is 0 Å². The molecule has 20 heavy (non-hydrogen) atoms. The molecule has 0 aromatic heterocycles. The van der Waals surface area contributed by atoms with Crippen molar-refractivity contribution in [1.29, 1.82) is 0 Å². The summed E-state index contributed by atoms with van der Waals surface area (Å²) in [5.74, 6) is 0.732. The lowest BCUT2D eigenvalue weighted by molar-refractivity contribution is -0.122. The van der Waals surface area contributed by atoms with Gasteiger partial charge >= 0.3 is 0 Å². The zero-order valence-electron chi connectivity index (χ0n) is 12.0. The number of hydrogen-bond donors (Lipinski definition) is 3. The Bertz CT molecular complexity index is 448. The Morgan fingerprint density at radius 2 is 1.95 bits per heavy atom. The molecule has 1 aromatic rings. The lowest BCUT2D eigenvalue weighted by atomic mass is 10.3. The number of hydrogen-bond acceptors (Lipinski definition) is 3. The van der Waals surface area contributed by atoms with Crippen LogP contribution in [-0.4, -0.2) is 30.2 Å². The van der Waals surface area contributed by atoms with Crippen molar-refractivity contribution in [2.24, 2.45) is 0 Å². The molecule has 110 valence electrons. The van der Waals surface area contributed by atoms with Gasteiger partial charge < -0.3 is 20.7 Å². The first kappa shape index (κ1) is 16.2. The number of amides is 1. The predicted octanol–water partition coefficient (Wildman–Crippen LogP) is 1.90. The number of benzene rings is 1. The first-order valence-corrected chi connectivity index (χ1v) is 7.05. The number of thiocarbonyl (C=S) groups is 1. The first-order valence-electron chi connectivity index (χ1n) is 6.64. The summed E-state index contributed by atoms with van der Waals surface area (Å²) in [4.78, 5) is 11.6. The molecule has 6 heteroatoms. The summed E-state index contributed by atoms with van der Waals surface area (Å²) in [5.41, 5.74) is 0.842. The molecule has 3 N–H and O–H groups in total. The van der Waals surface area contributed by atoms with E-state index in [-0.39, 0.29) is 11.9 Å². The van der Waals surface area contributed by atoms with Crippen molar-refractivity contribution in [1.82, 2.24) is 10.6 Å². The van der Waals surface area contributed by atoms with E-state index in [1.54, 1.807) is 6.92 Å². The number of ether oxygens (including phenoxy) is 1. The van der Waals surface area contributed by atoms with E-state index in [9.17, 15) is 4.79 Å². The van der Waals surface area contributed by atoms with Gasteiger partial charge in [0.2, 0.25) is 5.91 Å². The third kappa shape index (κ3) is 5.44. The number of carbonyl (C=O) groups is 1. The van der Waals surface area contributed by atoms with E-state index in [1.165, 1.54) is 0 Å². The Kier molecular flexibility index (Phi) is 6.79. The zero-order valence-corrected chi connectivity index (χ0v) is 12.8. The Hall–Kier alpha value is -1.82. The summed E-state index contributed by atoms with van der Waals surface area (Å²) >= 11 is 5.17. The lowest BCUT2D eigenvalue weighted by Gasteiger charge is -2.16. The minimum atomic E-state index is -0.377. The summed E-state index contributed by atoms with van der Waals surface area (Å²) in [6, 6.07) is 7.09. The maximum Gasteiger partial charge on any atom is 0.242 e. The predicted molar refractivity (Wildman–Crippen MR) is 85.1 cm³/mol. The third-order valence-corrected chi connectivity index (χ3v) is 2.73. The average Bonchev–Trinajstić information content (AvgIpc) is 2.41. The van der Waals surface area contributed by atoms with Gasteiger partial charge in [-0.3, -0.25) is 4.79 Å². The van der Waals surface area contributed by atoms with Gasteiger partial charge in [-0.25, -0.2) is 0 Å². The Balaban J connectivity index is 2.47. The van der Waals surface area contributed by atoms with E-state index in [0.717, 1.165) is 11.4 Å². The summed E-state index contributed by atoms with van der Waals surface area (Å²) in [6.45, 7) is 6.81. The smallest absolute Gasteiger partial charge is 0.242 e. The maximum atomic E-state index is 11.6. The highest BCUT2D eigenvalue weighted by atomic mass is 32.1. The van der Waals surface area contributed by atoms with Crippen LogP contribution in [0.5, 0.6) is 5.75 Å². The molecule has 5 nitrogen and oxygen atoms in total. The van der Waals surface area contributed by atoms with Gasteiger partial charge in [0.1, 0.15) is 11.8 Å². The van der Waals surface area contributed by atoms with Crippen LogP contribution in [0.25, 0.3) is 0 Å². The zero-order chi connectivity index (χ0) is 15.0. The van der Waals surface area contributed by atoms with Crippen LogP contribution in [0.15, 0.2) is 24.3 Å². The van der Waals surface area contributed by atoms with Crippen molar-refractivity contribution in [3.63, 3.8) is 0 Å². The largest absolute Gasteiger partial charge is 0.494 e. The Morgan fingerprint density at radius 3 is 2.50 bits per heavy atom. The van der Waals surface area contributed by atoms with Gasteiger partial charge in [0.05, 0.1) is 6.61 Å². The molecule has 0 unspecified atom stereocenters. The van der Waals surface area contributed by atoms with Crippen molar-refractivity contribution >= 4 is 28.9 Å². The molecule has 1 rings (SSSR count). The number of anilines is 1. The second-order valence-corrected chi connectivity index (χ2v) is 4.58. The van der Waals surface area contributed by atoms with E-state index < -0.39 is 0 Å². The number of likely N-dealkylation sites (N-methyl/N-ethyl adjacent to an activating group) is 1. The van der Waals surface area contributed by atoms with Gasteiger partial charge in [-0.15, -0.1) is 0 Å². The molecule has 0 saturated heterocycles. The molecule has 1 amide bonds. The highest BCUT2D eigenvalue weighted by Gasteiger charge is 2.12. The minimum absolute atomic E-state index is 0.0802. The van der Waals surface area contributed by atoms with Gasteiger partial charge in [-0.2, -0.15) is 0 Å². The van der Waals surface area contributed by atoms with Crippen molar-refractivity contribution in [2.75, 3.05) is 18.5 Å². The summed E-state index contributed by atoms with van der Waals surface area (Å²) in [6.07, 6.45) is 0. The Morgan fingerprint density at radius 1 is 1.30 bits per heavy atom. The highest BCUT2D eigenvalue weighted by Crippen LogP contribution is 2.15. The summed E-state index contributed by atoms with van der Waals surface area (Å²) < 4.78 is 5.36. The van der Waals surface area contributed by atoms with Crippen LogP contribution in [0.3, 0.4) is 0 Å². The van der Waals surface area contributed by atoms with E-state index in [4.69, 9.17) is 17.0 Å². The maximum absolute atomic E-state index is 11.6. The molecule has 0 fully saturated rings. The van der Waals surface area contributed by atoms with Gasteiger partial charge in [-0.1, -0.05) is 0 Å². The fourth-order valence-corrected chi connectivity index (χ4v) is 1.85. The third-order valence-electron chi connectivity index (χ3n) is 2.52. The molecule has 0 heterocycles. The highest BCUT2D eigenvalue weighted by molar-refractivity contribution is 7.80. The van der Waals surface area contributed by atoms with Crippen molar-refractivity contribution in [2.45, 2.75) is 26.8 Å². The van der Waals surface area contributed by atoms with Crippen LogP contribution in [-0.2, 0) is 4.79 Å². The van der Waals surface area contributed by atoms with Crippen molar-refractivity contribution in [3.8, 4) is 5.75 Å². The molecule has 0 bridgehead atoms. The molecule has 1 aromatic carbocycles. The second kappa shape index (κ2) is 8.37. The van der Waals surface area contributed by atoms with E-state index >= 15 is 0 Å². The van der Waals surface area contributed by atoms with Crippen molar-refractivity contribution in [3.05, 3.63) is 24.3 Å². The minimum Gasteiger partial charge on any atom is -0.494 e. The molecule has 0 aliphatic rings. The van der Waals surface area contributed by atoms with Gasteiger partial charge in [0.25, 0.3) is 0 Å². The van der Waals surface area contributed by atoms with Gasteiger partial charge in [0.15, 0.2) is 5.11 Å². The SMILES string of the molecule is CCNC(=O)[C@H](C)NC(=S)Nc1ccc(OCC)cc1. The van der Waals surface area contributed by atoms with Gasteiger partial charge in [-0.05, 0) is 57.3 Å². The average molecular weight is 295 g/mol. The van der Waals surface area contributed by atoms with E-state index in [0.29, 0.717) is 18.3 Å². The molecule has 0 saturated carbocycles. The number of carbonyl (C=O) groups excluding carboxylic acids is 1. The van der Waals surface area contributed by atoms with Crippen LogP contribution in [0.4, 0.5) is 5.69 Å².